The van der Waals surface area contributed by atoms with Crippen LogP contribution in [0.25, 0.3) is 0 Å². The number of aliphatic hydroxyl groups excluding tert-OH is 1. The van der Waals surface area contributed by atoms with Gasteiger partial charge in [-0.3, -0.25) is 9.89 Å². The molecule has 2 atom stereocenters. The van der Waals surface area contributed by atoms with Crippen molar-refractivity contribution in [3.63, 3.8) is 0 Å². The van der Waals surface area contributed by atoms with Crippen molar-refractivity contribution in [2.45, 2.75) is 45.3 Å². The largest absolute Gasteiger partial charge is 0.391 e. The van der Waals surface area contributed by atoms with Gasteiger partial charge < -0.3 is 15.3 Å². The number of guanidine groups is 1. The Morgan fingerprint density at radius 3 is 2.50 bits per heavy atom. The fourth-order valence-corrected chi connectivity index (χ4v) is 3.81. The lowest BCUT2D eigenvalue weighted by molar-refractivity contribution is 0.187. The van der Waals surface area contributed by atoms with E-state index in [-0.39, 0.29) is 30.1 Å². The van der Waals surface area contributed by atoms with E-state index >= 15 is 0 Å². The van der Waals surface area contributed by atoms with Crippen LogP contribution in [0.1, 0.15) is 43.4 Å². The molecular formula is C20H33IN4O. The molecule has 1 aromatic rings. The number of halogens is 1. The lowest BCUT2D eigenvalue weighted by Crippen LogP contribution is -2.41. The van der Waals surface area contributed by atoms with Crippen LogP contribution in [0, 0.1) is 6.92 Å². The van der Waals surface area contributed by atoms with Crippen LogP contribution in [-0.4, -0.2) is 66.2 Å². The van der Waals surface area contributed by atoms with E-state index in [4.69, 9.17) is 4.99 Å². The Labute approximate surface area is 174 Å². The molecule has 146 valence electrons. The summed E-state index contributed by atoms with van der Waals surface area (Å²) in [5.74, 6) is 0.940. The van der Waals surface area contributed by atoms with Crippen LogP contribution < -0.4 is 5.32 Å². The summed E-state index contributed by atoms with van der Waals surface area (Å²) < 4.78 is 0. The molecule has 6 heteroatoms. The summed E-state index contributed by atoms with van der Waals surface area (Å²) in [5, 5.41) is 13.2. The fraction of sp³-hybridized carbons (Fsp3) is 0.650. The molecule has 0 radical (unpaired) electrons. The quantitative estimate of drug-likeness (QED) is 0.393. The summed E-state index contributed by atoms with van der Waals surface area (Å²) in [6, 6.07) is 9.24. The topological polar surface area (TPSA) is 51.1 Å². The number of aliphatic hydroxyl groups is 1. The summed E-state index contributed by atoms with van der Waals surface area (Å²) in [5.41, 5.74) is 2.65. The Bertz CT molecular complexity index is 572. The maximum atomic E-state index is 9.84. The molecule has 0 spiro atoms. The number of nitrogens with zero attached hydrogens (tertiary/aromatic N) is 3. The van der Waals surface area contributed by atoms with E-state index in [0.717, 1.165) is 45.1 Å². The van der Waals surface area contributed by atoms with E-state index in [1.54, 1.807) is 0 Å². The molecule has 1 unspecified atom stereocenters. The second-order valence-electron chi connectivity index (χ2n) is 7.25. The Hall–Kier alpha value is -0.860. The number of likely N-dealkylation sites (tertiary alicyclic amines) is 2. The standard InChI is InChI=1S/C20H32N4O.HI/c1-3-21-20(24-13-10-18(25)15-24)22-14-19(23-11-4-5-12-23)17-8-6-16(2)7-9-17;/h6-9,18-19,25H,3-5,10-15H2,1-2H3,(H,21,22);1H/t18-,19?;/m1./s1. The van der Waals surface area contributed by atoms with Crippen LogP contribution in [0.2, 0.25) is 0 Å². The lowest BCUT2D eigenvalue weighted by Gasteiger charge is -2.28. The molecule has 2 aliphatic rings. The maximum absolute atomic E-state index is 9.84. The van der Waals surface area contributed by atoms with Gasteiger partial charge in [0, 0.05) is 19.6 Å². The maximum Gasteiger partial charge on any atom is 0.194 e. The number of rotatable bonds is 5. The molecule has 0 aromatic heterocycles. The molecule has 2 aliphatic heterocycles. The van der Waals surface area contributed by atoms with Gasteiger partial charge in [-0.25, -0.2) is 0 Å². The molecule has 0 aliphatic carbocycles. The molecule has 2 N–H and O–H groups in total. The zero-order valence-electron chi connectivity index (χ0n) is 16.0. The van der Waals surface area contributed by atoms with Gasteiger partial charge in [-0.2, -0.15) is 0 Å². The predicted molar refractivity (Wildman–Crippen MR) is 118 cm³/mol. The Balaban J connectivity index is 0.00000243. The minimum absolute atomic E-state index is 0. The number of nitrogens with one attached hydrogen (secondary N) is 1. The highest BCUT2D eigenvalue weighted by Crippen LogP contribution is 2.26. The van der Waals surface area contributed by atoms with Crippen LogP contribution in [0.3, 0.4) is 0 Å². The van der Waals surface area contributed by atoms with Crippen molar-refractivity contribution in [1.29, 1.82) is 0 Å². The monoisotopic (exact) mass is 472 g/mol. The molecular weight excluding hydrogens is 439 g/mol. The van der Waals surface area contributed by atoms with Crippen molar-refractivity contribution in [3.8, 4) is 0 Å². The SMILES string of the molecule is CCNC(=NCC(c1ccc(C)cc1)N1CCCC1)N1CC[C@@H](O)C1.I. The van der Waals surface area contributed by atoms with Gasteiger partial charge >= 0.3 is 0 Å². The average molecular weight is 472 g/mol. The first kappa shape index (κ1) is 21.4. The summed E-state index contributed by atoms with van der Waals surface area (Å²) in [6.45, 7) is 9.73. The van der Waals surface area contributed by atoms with Crippen molar-refractivity contribution in [2.75, 3.05) is 39.3 Å². The van der Waals surface area contributed by atoms with Crippen LogP contribution in [0.4, 0.5) is 0 Å². The average Bonchev–Trinajstić information content (AvgIpc) is 3.27. The third-order valence-electron chi connectivity index (χ3n) is 5.26. The first-order chi connectivity index (χ1) is 12.2. The zero-order chi connectivity index (χ0) is 17.6. The first-order valence-electron chi connectivity index (χ1n) is 9.69. The number of hydrogen-bond donors (Lipinski definition) is 2. The number of β-amino-alcohol motifs (C(OH)–C–C–N with tert-alkyl or cyclic N) is 1. The molecule has 0 saturated carbocycles. The van der Waals surface area contributed by atoms with Crippen LogP contribution >= 0.6 is 24.0 Å². The van der Waals surface area contributed by atoms with Gasteiger partial charge in [-0.05, 0) is 51.8 Å². The summed E-state index contributed by atoms with van der Waals surface area (Å²) in [4.78, 5) is 9.70. The minimum atomic E-state index is -0.227. The number of hydrogen-bond acceptors (Lipinski definition) is 3. The Morgan fingerprint density at radius 1 is 1.23 bits per heavy atom. The molecule has 2 saturated heterocycles. The van der Waals surface area contributed by atoms with Gasteiger partial charge in [0.1, 0.15) is 0 Å². The Morgan fingerprint density at radius 2 is 1.92 bits per heavy atom. The second-order valence-corrected chi connectivity index (χ2v) is 7.25. The predicted octanol–water partition coefficient (Wildman–Crippen LogP) is 2.78. The summed E-state index contributed by atoms with van der Waals surface area (Å²) in [7, 11) is 0. The van der Waals surface area contributed by atoms with Crippen molar-refractivity contribution >= 4 is 29.9 Å². The fourth-order valence-electron chi connectivity index (χ4n) is 3.81. The van der Waals surface area contributed by atoms with E-state index in [0.29, 0.717) is 12.6 Å². The van der Waals surface area contributed by atoms with E-state index in [9.17, 15) is 5.11 Å². The van der Waals surface area contributed by atoms with Crippen molar-refractivity contribution < 1.29 is 5.11 Å². The molecule has 3 rings (SSSR count). The van der Waals surface area contributed by atoms with Gasteiger partial charge in [-0.1, -0.05) is 29.8 Å². The molecule has 5 nitrogen and oxygen atoms in total. The van der Waals surface area contributed by atoms with Crippen molar-refractivity contribution in [3.05, 3.63) is 35.4 Å². The third-order valence-corrected chi connectivity index (χ3v) is 5.26. The van der Waals surface area contributed by atoms with E-state index in [2.05, 4.69) is 53.2 Å². The van der Waals surface area contributed by atoms with Gasteiger partial charge in [0.2, 0.25) is 0 Å². The van der Waals surface area contributed by atoms with Gasteiger partial charge in [0.25, 0.3) is 0 Å². The molecule has 0 bridgehead atoms. The smallest absolute Gasteiger partial charge is 0.194 e. The molecule has 1 aromatic carbocycles. The Kier molecular flexibility index (Phi) is 8.63. The highest BCUT2D eigenvalue weighted by molar-refractivity contribution is 14.0. The molecule has 2 heterocycles. The van der Waals surface area contributed by atoms with E-state index in [1.807, 2.05) is 0 Å². The summed E-state index contributed by atoms with van der Waals surface area (Å²) >= 11 is 0. The molecule has 2 fully saturated rings. The highest BCUT2D eigenvalue weighted by atomic mass is 127. The lowest BCUT2D eigenvalue weighted by atomic mass is 10.0. The minimum Gasteiger partial charge on any atom is -0.391 e. The van der Waals surface area contributed by atoms with Gasteiger partial charge in [0.05, 0.1) is 18.7 Å². The van der Waals surface area contributed by atoms with Crippen LogP contribution in [0.15, 0.2) is 29.3 Å². The second kappa shape index (κ2) is 10.5. The molecule has 0 amide bonds. The van der Waals surface area contributed by atoms with Crippen LogP contribution in [0.5, 0.6) is 0 Å². The van der Waals surface area contributed by atoms with E-state index in [1.165, 1.54) is 24.0 Å². The molecule has 26 heavy (non-hydrogen) atoms. The third kappa shape index (κ3) is 5.57. The number of aryl methyl sites for hydroxylation is 1. The van der Waals surface area contributed by atoms with Gasteiger partial charge in [0.15, 0.2) is 5.96 Å². The summed E-state index contributed by atoms with van der Waals surface area (Å²) in [6.07, 6.45) is 3.17. The zero-order valence-corrected chi connectivity index (χ0v) is 18.4. The van der Waals surface area contributed by atoms with Crippen molar-refractivity contribution in [1.82, 2.24) is 15.1 Å². The number of benzene rings is 1. The normalized spacial score (nSPS) is 22.3. The van der Waals surface area contributed by atoms with Crippen LogP contribution in [-0.2, 0) is 0 Å². The highest BCUT2D eigenvalue weighted by Gasteiger charge is 2.26. The van der Waals surface area contributed by atoms with E-state index < -0.39 is 0 Å². The van der Waals surface area contributed by atoms with Crippen molar-refractivity contribution in [2.24, 2.45) is 4.99 Å². The van der Waals surface area contributed by atoms with Gasteiger partial charge in [-0.15, -0.1) is 24.0 Å². The first-order valence-corrected chi connectivity index (χ1v) is 9.69. The number of aliphatic imine (C=N–C) groups is 1.